The van der Waals surface area contributed by atoms with Crippen molar-refractivity contribution in [3.63, 3.8) is 0 Å². The molecule has 0 amide bonds. The quantitative estimate of drug-likeness (QED) is 0.487. The number of ketones is 1. The summed E-state index contributed by atoms with van der Waals surface area (Å²) in [4.78, 5) is 24.3. The van der Waals surface area contributed by atoms with E-state index < -0.39 is 17.5 Å². The average molecular weight is 274 g/mol. The van der Waals surface area contributed by atoms with Gasteiger partial charge in [-0.3, -0.25) is 9.59 Å². The van der Waals surface area contributed by atoms with Gasteiger partial charge in [0.1, 0.15) is 23.4 Å². The largest absolute Gasteiger partial charge is 0.464 e. The van der Waals surface area contributed by atoms with Crippen molar-refractivity contribution in [3.8, 4) is 0 Å². The lowest BCUT2D eigenvalue weighted by atomic mass is 9.98. The van der Waals surface area contributed by atoms with Crippen LogP contribution >= 0.6 is 0 Å². The van der Waals surface area contributed by atoms with Gasteiger partial charge in [-0.05, 0) is 33.8 Å². The smallest absolute Gasteiger partial charge is 0.317 e. The molecule has 1 unspecified atom stereocenters. The number of Topliss-reactive ketones (excluding diaryl/α,β-unsaturated/α-hetero) is 1. The Hall–Kier alpha value is -2.10. The van der Waals surface area contributed by atoms with E-state index in [9.17, 15) is 9.59 Å². The highest BCUT2D eigenvalue weighted by Gasteiger charge is 2.29. The third-order valence-electron chi connectivity index (χ3n) is 2.90. The standard InChI is InChI=1S/C16H18O4/c1-10(15(18)20-16(2,3)4)14(17)12-9-19-13-8-6-5-7-11(12)13/h5-10H,1-4H3. The second-order valence-corrected chi connectivity index (χ2v) is 5.76. The molecule has 0 saturated carbocycles. The van der Waals surface area contributed by atoms with E-state index in [4.69, 9.17) is 9.15 Å². The molecule has 106 valence electrons. The Morgan fingerprint density at radius 2 is 1.85 bits per heavy atom. The van der Waals surface area contributed by atoms with Crippen molar-refractivity contribution >= 4 is 22.7 Å². The molecule has 0 N–H and O–H groups in total. The monoisotopic (exact) mass is 274 g/mol. The summed E-state index contributed by atoms with van der Waals surface area (Å²) in [6, 6.07) is 7.24. The zero-order chi connectivity index (χ0) is 14.9. The maximum Gasteiger partial charge on any atom is 0.317 e. The number of benzene rings is 1. The summed E-state index contributed by atoms with van der Waals surface area (Å²) >= 11 is 0. The lowest BCUT2D eigenvalue weighted by Crippen LogP contribution is -2.31. The van der Waals surface area contributed by atoms with Crippen molar-refractivity contribution in [2.75, 3.05) is 0 Å². The fourth-order valence-electron chi connectivity index (χ4n) is 1.90. The molecule has 0 aliphatic rings. The maximum atomic E-state index is 12.4. The molecule has 0 bridgehead atoms. The number of ether oxygens (including phenoxy) is 1. The highest BCUT2D eigenvalue weighted by atomic mass is 16.6. The van der Waals surface area contributed by atoms with Crippen LogP contribution in [0.15, 0.2) is 34.9 Å². The SMILES string of the molecule is CC(C(=O)OC(C)(C)C)C(=O)c1coc2ccccc12. The van der Waals surface area contributed by atoms with E-state index >= 15 is 0 Å². The predicted molar refractivity (Wildman–Crippen MR) is 75.6 cm³/mol. The lowest BCUT2D eigenvalue weighted by molar-refractivity contribution is -0.157. The summed E-state index contributed by atoms with van der Waals surface area (Å²) < 4.78 is 10.6. The van der Waals surface area contributed by atoms with E-state index in [1.165, 1.54) is 6.26 Å². The molecule has 4 nitrogen and oxygen atoms in total. The van der Waals surface area contributed by atoms with Crippen LogP contribution in [0.2, 0.25) is 0 Å². The second-order valence-electron chi connectivity index (χ2n) is 5.76. The van der Waals surface area contributed by atoms with Crippen LogP contribution in [0.4, 0.5) is 0 Å². The van der Waals surface area contributed by atoms with Crippen molar-refractivity contribution in [2.24, 2.45) is 5.92 Å². The third-order valence-corrected chi connectivity index (χ3v) is 2.90. The molecule has 0 saturated heterocycles. The van der Waals surface area contributed by atoms with Gasteiger partial charge in [0.15, 0.2) is 5.78 Å². The Kier molecular flexibility index (Phi) is 3.66. The van der Waals surface area contributed by atoms with Gasteiger partial charge in [0, 0.05) is 5.39 Å². The molecule has 0 aliphatic carbocycles. The maximum absolute atomic E-state index is 12.4. The third kappa shape index (κ3) is 2.90. The fourth-order valence-corrected chi connectivity index (χ4v) is 1.90. The summed E-state index contributed by atoms with van der Waals surface area (Å²) in [6.45, 7) is 6.87. The average Bonchev–Trinajstić information content (AvgIpc) is 2.78. The van der Waals surface area contributed by atoms with Crippen LogP contribution in [0.1, 0.15) is 38.1 Å². The van der Waals surface area contributed by atoms with Crippen LogP contribution in [0.5, 0.6) is 0 Å². The first-order valence-corrected chi connectivity index (χ1v) is 6.53. The minimum Gasteiger partial charge on any atom is -0.464 e. The Bertz CT molecular complexity index is 646. The van der Waals surface area contributed by atoms with Crippen LogP contribution in [0.25, 0.3) is 11.0 Å². The molecule has 0 radical (unpaired) electrons. The number of hydrogen-bond acceptors (Lipinski definition) is 4. The predicted octanol–water partition coefficient (Wildman–Crippen LogP) is 3.59. The van der Waals surface area contributed by atoms with Crippen molar-refractivity contribution in [1.29, 1.82) is 0 Å². The van der Waals surface area contributed by atoms with Crippen molar-refractivity contribution in [1.82, 2.24) is 0 Å². The topological polar surface area (TPSA) is 56.5 Å². The van der Waals surface area contributed by atoms with Crippen LogP contribution in [-0.2, 0) is 9.53 Å². The highest BCUT2D eigenvalue weighted by molar-refractivity contribution is 6.14. The number of carbonyl (C=O) groups excluding carboxylic acids is 2. The molecule has 2 aromatic rings. The minimum atomic E-state index is -0.852. The molecule has 4 heteroatoms. The number of hydrogen-bond donors (Lipinski definition) is 0. The lowest BCUT2D eigenvalue weighted by Gasteiger charge is -2.21. The number of fused-ring (bicyclic) bond motifs is 1. The van der Waals surface area contributed by atoms with Crippen LogP contribution in [0.3, 0.4) is 0 Å². The van der Waals surface area contributed by atoms with Gasteiger partial charge in [0.25, 0.3) is 0 Å². The molecule has 1 heterocycles. The molecule has 0 aliphatic heterocycles. The van der Waals surface area contributed by atoms with Crippen molar-refractivity contribution in [2.45, 2.75) is 33.3 Å². The molecule has 1 atom stereocenters. The van der Waals surface area contributed by atoms with Gasteiger partial charge in [0.2, 0.25) is 0 Å². The van der Waals surface area contributed by atoms with E-state index in [-0.39, 0.29) is 5.78 Å². The van der Waals surface area contributed by atoms with E-state index in [1.54, 1.807) is 39.8 Å². The Morgan fingerprint density at radius 1 is 1.20 bits per heavy atom. The zero-order valence-corrected chi connectivity index (χ0v) is 12.1. The molecular formula is C16H18O4. The van der Waals surface area contributed by atoms with Crippen molar-refractivity contribution < 1.29 is 18.7 Å². The number of rotatable bonds is 3. The zero-order valence-electron chi connectivity index (χ0n) is 12.1. The number of para-hydroxylation sites is 1. The Balaban J connectivity index is 2.25. The first-order valence-electron chi connectivity index (χ1n) is 6.53. The molecule has 1 aromatic heterocycles. The highest BCUT2D eigenvalue weighted by Crippen LogP contribution is 2.24. The fraction of sp³-hybridized carbons (Fsp3) is 0.375. The summed E-state index contributed by atoms with van der Waals surface area (Å²) in [5.74, 6) is -1.66. The van der Waals surface area contributed by atoms with Gasteiger partial charge >= 0.3 is 5.97 Å². The summed E-state index contributed by atoms with van der Waals surface area (Å²) in [6.07, 6.45) is 1.40. The van der Waals surface area contributed by atoms with E-state index in [0.29, 0.717) is 16.5 Å². The number of furan rings is 1. The van der Waals surface area contributed by atoms with Gasteiger partial charge in [-0.2, -0.15) is 0 Å². The molecule has 0 fully saturated rings. The second kappa shape index (κ2) is 5.12. The van der Waals surface area contributed by atoms with Crippen LogP contribution in [-0.4, -0.2) is 17.4 Å². The van der Waals surface area contributed by atoms with Gasteiger partial charge < -0.3 is 9.15 Å². The van der Waals surface area contributed by atoms with E-state index in [1.807, 2.05) is 12.1 Å². The van der Waals surface area contributed by atoms with E-state index in [2.05, 4.69) is 0 Å². The molecule has 1 aromatic carbocycles. The Morgan fingerprint density at radius 3 is 2.50 bits per heavy atom. The summed E-state index contributed by atoms with van der Waals surface area (Å²) in [5, 5.41) is 0.716. The minimum absolute atomic E-state index is 0.288. The van der Waals surface area contributed by atoms with Gasteiger partial charge in [-0.15, -0.1) is 0 Å². The number of esters is 1. The summed E-state index contributed by atoms with van der Waals surface area (Å²) in [7, 11) is 0. The van der Waals surface area contributed by atoms with Crippen LogP contribution in [0, 0.1) is 5.92 Å². The van der Waals surface area contributed by atoms with E-state index in [0.717, 1.165) is 0 Å². The first-order chi connectivity index (χ1) is 9.29. The molecular weight excluding hydrogens is 256 g/mol. The normalized spacial score (nSPS) is 13.2. The molecule has 2 rings (SSSR count). The van der Waals surface area contributed by atoms with Gasteiger partial charge in [-0.25, -0.2) is 0 Å². The van der Waals surface area contributed by atoms with Crippen molar-refractivity contribution in [3.05, 3.63) is 36.1 Å². The molecule has 0 spiro atoms. The van der Waals surface area contributed by atoms with Gasteiger partial charge in [-0.1, -0.05) is 18.2 Å². The summed E-state index contributed by atoms with van der Waals surface area (Å²) in [5.41, 5.74) is 0.440. The first kappa shape index (κ1) is 14.3. The number of carbonyl (C=O) groups is 2. The van der Waals surface area contributed by atoms with Crippen LogP contribution < -0.4 is 0 Å². The van der Waals surface area contributed by atoms with Gasteiger partial charge in [0.05, 0.1) is 5.56 Å². The molecule has 20 heavy (non-hydrogen) atoms. The Labute approximate surface area is 117 Å².